The Labute approximate surface area is 134 Å². The summed E-state index contributed by atoms with van der Waals surface area (Å²) in [4.78, 5) is 14.7. The maximum absolute atomic E-state index is 12.4. The monoisotopic (exact) mass is 316 g/mol. The number of hydrogen-bond acceptors (Lipinski definition) is 4. The van der Waals surface area contributed by atoms with Crippen LogP contribution < -0.4 is 5.32 Å². The molecule has 1 fully saturated rings. The Morgan fingerprint density at radius 1 is 1.36 bits per heavy atom. The normalized spacial score (nSPS) is 17.1. The van der Waals surface area contributed by atoms with Crippen LogP contribution in [0.1, 0.15) is 6.92 Å². The van der Waals surface area contributed by atoms with Gasteiger partial charge >= 0.3 is 0 Å². The van der Waals surface area contributed by atoms with Crippen LogP contribution in [-0.2, 0) is 4.79 Å². The number of carbonyl (C=O) groups is 1. The molecule has 3 rings (SSSR count). The van der Waals surface area contributed by atoms with Crippen LogP contribution in [0.4, 0.5) is 5.69 Å². The Balaban J connectivity index is 1.67. The van der Waals surface area contributed by atoms with Crippen LogP contribution in [0.5, 0.6) is 0 Å². The molecular weight excluding hydrogens is 296 g/mol. The summed E-state index contributed by atoms with van der Waals surface area (Å²) in [5.41, 5.74) is 2.87. The van der Waals surface area contributed by atoms with E-state index in [1.807, 2.05) is 49.1 Å². The minimum atomic E-state index is -0.0986. The van der Waals surface area contributed by atoms with Crippen LogP contribution in [0.3, 0.4) is 0 Å². The topological polar surface area (TPSA) is 61.0 Å². The van der Waals surface area contributed by atoms with E-state index >= 15 is 0 Å². The zero-order valence-electron chi connectivity index (χ0n) is 12.6. The summed E-state index contributed by atoms with van der Waals surface area (Å²) in [5.74, 6) is 2.26. The zero-order chi connectivity index (χ0) is 15.4. The standard InChI is InChI=1S/C16H20N4OS/c1-12(20-5-7-22-8-6-20)16(21)19-15-4-2-3-13(9-15)14-10-17-18-11-14/h2-4,9-12H,5-8H2,1H3,(H,17,18)(H,19,21)/t12-/m1/s1. The number of H-pyrrole nitrogens is 1. The number of carbonyl (C=O) groups excluding carboxylic acids is 1. The fraction of sp³-hybridized carbons (Fsp3) is 0.375. The van der Waals surface area contributed by atoms with E-state index in [9.17, 15) is 4.79 Å². The smallest absolute Gasteiger partial charge is 0.241 e. The average Bonchev–Trinajstić information content (AvgIpc) is 3.10. The van der Waals surface area contributed by atoms with E-state index in [1.54, 1.807) is 6.20 Å². The lowest BCUT2D eigenvalue weighted by molar-refractivity contribution is -0.120. The number of benzene rings is 1. The Hall–Kier alpha value is -1.79. The van der Waals surface area contributed by atoms with Gasteiger partial charge in [0.2, 0.25) is 5.91 Å². The van der Waals surface area contributed by atoms with Crippen molar-refractivity contribution in [1.82, 2.24) is 15.1 Å². The molecule has 1 atom stereocenters. The van der Waals surface area contributed by atoms with Gasteiger partial charge in [0.1, 0.15) is 0 Å². The van der Waals surface area contributed by atoms with Gasteiger partial charge in [0.15, 0.2) is 0 Å². The molecule has 1 aromatic heterocycles. The van der Waals surface area contributed by atoms with Crippen LogP contribution in [0.15, 0.2) is 36.7 Å². The average molecular weight is 316 g/mol. The Morgan fingerprint density at radius 3 is 2.91 bits per heavy atom. The van der Waals surface area contributed by atoms with Crippen molar-refractivity contribution in [2.75, 3.05) is 29.9 Å². The number of aromatic nitrogens is 2. The van der Waals surface area contributed by atoms with Crippen LogP contribution in [0, 0.1) is 0 Å². The van der Waals surface area contributed by atoms with E-state index in [4.69, 9.17) is 0 Å². The predicted molar refractivity (Wildman–Crippen MR) is 91.0 cm³/mol. The lowest BCUT2D eigenvalue weighted by Gasteiger charge is -2.31. The molecule has 1 aliphatic rings. The van der Waals surface area contributed by atoms with Crippen LogP contribution in [0.2, 0.25) is 0 Å². The molecule has 0 saturated carbocycles. The number of hydrogen-bond donors (Lipinski definition) is 2. The first kappa shape index (κ1) is 15.1. The number of thioether (sulfide) groups is 1. The number of aromatic amines is 1. The summed E-state index contributed by atoms with van der Waals surface area (Å²) >= 11 is 1.95. The maximum Gasteiger partial charge on any atom is 0.241 e. The van der Waals surface area contributed by atoms with E-state index in [0.717, 1.165) is 41.4 Å². The Morgan fingerprint density at radius 2 is 2.18 bits per heavy atom. The number of nitrogens with zero attached hydrogens (tertiary/aromatic N) is 2. The molecule has 0 unspecified atom stereocenters. The van der Waals surface area contributed by atoms with Crippen molar-refractivity contribution < 1.29 is 4.79 Å². The molecule has 0 bridgehead atoms. The minimum Gasteiger partial charge on any atom is -0.325 e. The number of rotatable bonds is 4. The molecule has 1 amide bonds. The van der Waals surface area contributed by atoms with E-state index < -0.39 is 0 Å². The molecule has 1 aromatic carbocycles. The first-order valence-corrected chi connectivity index (χ1v) is 8.61. The molecule has 6 heteroatoms. The fourth-order valence-electron chi connectivity index (χ4n) is 2.56. The number of anilines is 1. The highest BCUT2D eigenvalue weighted by Gasteiger charge is 2.23. The van der Waals surface area contributed by atoms with Crippen molar-refractivity contribution in [3.8, 4) is 11.1 Å². The van der Waals surface area contributed by atoms with Gasteiger partial charge in [0, 0.05) is 42.0 Å². The molecule has 0 spiro atoms. The molecule has 5 nitrogen and oxygen atoms in total. The van der Waals surface area contributed by atoms with Crippen molar-refractivity contribution in [2.45, 2.75) is 13.0 Å². The quantitative estimate of drug-likeness (QED) is 0.909. The van der Waals surface area contributed by atoms with Gasteiger partial charge in [-0.3, -0.25) is 14.8 Å². The van der Waals surface area contributed by atoms with E-state index in [2.05, 4.69) is 20.4 Å². The van der Waals surface area contributed by atoms with Crippen LogP contribution >= 0.6 is 11.8 Å². The van der Waals surface area contributed by atoms with Crippen LogP contribution in [-0.4, -0.2) is 51.6 Å². The second kappa shape index (κ2) is 6.98. The predicted octanol–water partition coefficient (Wildman–Crippen LogP) is 2.45. The highest BCUT2D eigenvalue weighted by molar-refractivity contribution is 7.99. The molecule has 22 heavy (non-hydrogen) atoms. The van der Waals surface area contributed by atoms with Gasteiger partial charge in [-0.05, 0) is 24.6 Å². The lowest BCUT2D eigenvalue weighted by Crippen LogP contribution is -2.46. The minimum absolute atomic E-state index is 0.0521. The summed E-state index contributed by atoms with van der Waals surface area (Å²) in [6.45, 7) is 3.94. The summed E-state index contributed by atoms with van der Waals surface area (Å²) in [6.07, 6.45) is 3.61. The van der Waals surface area contributed by atoms with Gasteiger partial charge in [-0.15, -0.1) is 0 Å². The summed E-state index contributed by atoms with van der Waals surface area (Å²) < 4.78 is 0. The molecule has 0 radical (unpaired) electrons. The van der Waals surface area contributed by atoms with Crippen LogP contribution in [0.25, 0.3) is 11.1 Å². The molecule has 2 N–H and O–H groups in total. The van der Waals surface area contributed by atoms with Crippen molar-refractivity contribution in [1.29, 1.82) is 0 Å². The third-order valence-electron chi connectivity index (χ3n) is 3.93. The van der Waals surface area contributed by atoms with E-state index in [0.29, 0.717) is 0 Å². The highest BCUT2D eigenvalue weighted by atomic mass is 32.2. The number of amides is 1. The van der Waals surface area contributed by atoms with Gasteiger partial charge in [-0.1, -0.05) is 12.1 Å². The van der Waals surface area contributed by atoms with Crippen molar-refractivity contribution >= 4 is 23.4 Å². The fourth-order valence-corrected chi connectivity index (χ4v) is 3.49. The first-order valence-electron chi connectivity index (χ1n) is 7.46. The number of nitrogens with one attached hydrogen (secondary N) is 2. The summed E-state index contributed by atoms with van der Waals surface area (Å²) in [6, 6.07) is 7.74. The Kier molecular flexibility index (Phi) is 4.80. The van der Waals surface area contributed by atoms with Gasteiger partial charge < -0.3 is 5.32 Å². The molecule has 116 valence electrons. The lowest BCUT2D eigenvalue weighted by atomic mass is 10.1. The first-order chi connectivity index (χ1) is 10.7. The maximum atomic E-state index is 12.4. The molecule has 1 saturated heterocycles. The SMILES string of the molecule is C[C@H](C(=O)Nc1cccc(-c2cn[nH]c2)c1)N1CCSCC1. The Bertz CT molecular complexity index is 623. The van der Waals surface area contributed by atoms with Crippen molar-refractivity contribution in [2.24, 2.45) is 0 Å². The van der Waals surface area contributed by atoms with E-state index in [-0.39, 0.29) is 11.9 Å². The molecule has 2 heterocycles. The highest BCUT2D eigenvalue weighted by Crippen LogP contribution is 2.22. The van der Waals surface area contributed by atoms with E-state index in [1.165, 1.54) is 0 Å². The summed E-state index contributed by atoms with van der Waals surface area (Å²) in [7, 11) is 0. The molecule has 1 aliphatic heterocycles. The van der Waals surface area contributed by atoms with Crippen molar-refractivity contribution in [3.05, 3.63) is 36.7 Å². The molecule has 0 aliphatic carbocycles. The van der Waals surface area contributed by atoms with Gasteiger partial charge in [0.25, 0.3) is 0 Å². The second-order valence-corrected chi connectivity index (χ2v) is 6.61. The van der Waals surface area contributed by atoms with Gasteiger partial charge in [0.05, 0.1) is 12.2 Å². The largest absolute Gasteiger partial charge is 0.325 e. The summed E-state index contributed by atoms with van der Waals surface area (Å²) in [5, 5.41) is 9.78. The van der Waals surface area contributed by atoms with Gasteiger partial charge in [-0.2, -0.15) is 16.9 Å². The van der Waals surface area contributed by atoms with Gasteiger partial charge in [-0.25, -0.2) is 0 Å². The second-order valence-electron chi connectivity index (χ2n) is 5.38. The zero-order valence-corrected chi connectivity index (χ0v) is 13.4. The molecular formula is C16H20N4OS. The third kappa shape index (κ3) is 3.51. The van der Waals surface area contributed by atoms with Crippen molar-refractivity contribution in [3.63, 3.8) is 0 Å². The third-order valence-corrected chi connectivity index (χ3v) is 4.88. The molecule has 2 aromatic rings.